The highest BCUT2D eigenvalue weighted by molar-refractivity contribution is 7.99. The number of ether oxygens (including phenoxy) is 2. The summed E-state index contributed by atoms with van der Waals surface area (Å²) in [5.74, 6) is 3.01. The molecule has 0 spiro atoms. The van der Waals surface area contributed by atoms with Gasteiger partial charge in [0.1, 0.15) is 5.78 Å². The van der Waals surface area contributed by atoms with Crippen molar-refractivity contribution < 1.29 is 14.3 Å². The highest BCUT2D eigenvalue weighted by Crippen LogP contribution is 2.34. The summed E-state index contributed by atoms with van der Waals surface area (Å²) in [5.41, 5.74) is 0. The first kappa shape index (κ1) is 14.3. The van der Waals surface area contributed by atoms with E-state index >= 15 is 0 Å². The first-order valence-corrected chi connectivity index (χ1v) is 7.76. The topological polar surface area (TPSA) is 35.5 Å². The second-order valence-corrected chi connectivity index (χ2v) is 5.83. The maximum atomic E-state index is 10.8. The molecule has 1 heterocycles. The van der Waals surface area contributed by atoms with Gasteiger partial charge in [0.25, 0.3) is 0 Å². The number of Topliss-reactive ketones (excluding diaryl/α,β-unsaturated/α-hetero) is 1. The number of hydrogen-bond donors (Lipinski definition) is 0. The third-order valence-corrected chi connectivity index (χ3v) is 3.99. The van der Waals surface area contributed by atoms with E-state index < -0.39 is 0 Å². The van der Waals surface area contributed by atoms with Crippen LogP contribution in [0.25, 0.3) is 0 Å². The Morgan fingerprint density at radius 3 is 2.79 bits per heavy atom. The summed E-state index contributed by atoms with van der Waals surface area (Å²) in [5, 5.41) is 0. The normalized spacial score (nSPS) is 13.9. The molecule has 4 heteroatoms. The van der Waals surface area contributed by atoms with Crippen molar-refractivity contribution in [1.82, 2.24) is 0 Å². The molecule has 2 rings (SSSR count). The molecule has 19 heavy (non-hydrogen) atoms. The van der Waals surface area contributed by atoms with Crippen LogP contribution in [-0.2, 0) is 4.79 Å². The van der Waals surface area contributed by atoms with Crippen LogP contribution < -0.4 is 9.47 Å². The molecule has 0 saturated heterocycles. The van der Waals surface area contributed by atoms with E-state index in [0.717, 1.165) is 49.7 Å². The molecule has 0 N–H and O–H groups in total. The minimum Gasteiger partial charge on any atom is -0.490 e. The van der Waals surface area contributed by atoms with Gasteiger partial charge in [0.2, 0.25) is 0 Å². The van der Waals surface area contributed by atoms with Gasteiger partial charge >= 0.3 is 0 Å². The van der Waals surface area contributed by atoms with E-state index in [4.69, 9.17) is 9.47 Å². The molecule has 0 amide bonds. The fraction of sp³-hybridized carbons (Fsp3) is 0.533. The Morgan fingerprint density at radius 2 is 2.00 bits per heavy atom. The van der Waals surface area contributed by atoms with E-state index in [2.05, 4.69) is 12.1 Å². The standard InChI is InChI=1S/C15H20O3S/c1-12(16)5-2-3-10-19-13-6-7-14-15(11-13)18-9-4-8-17-14/h6-7,11H,2-5,8-10H2,1H3. The Labute approximate surface area is 118 Å². The van der Waals surface area contributed by atoms with E-state index in [1.165, 1.54) is 4.90 Å². The van der Waals surface area contributed by atoms with Gasteiger partial charge in [0.05, 0.1) is 13.2 Å². The number of benzene rings is 1. The summed E-state index contributed by atoms with van der Waals surface area (Å²) < 4.78 is 11.3. The first-order chi connectivity index (χ1) is 9.25. The monoisotopic (exact) mass is 280 g/mol. The predicted molar refractivity (Wildman–Crippen MR) is 77.3 cm³/mol. The lowest BCUT2D eigenvalue weighted by molar-refractivity contribution is -0.117. The van der Waals surface area contributed by atoms with Crippen LogP contribution in [0, 0.1) is 0 Å². The van der Waals surface area contributed by atoms with Crippen molar-refractivity contribution in [2.45, 2.75) is 37.5 Å². The van der Waals surface area contributed by atoms with Gasteiger partial charge in [-0.3, -0.25) is 0 Å². The van der Waals surface area contributed by atoms with Gasteiger partial charge in [-0.1, -0.05) is 0 Å². The summed E-state index contributed by atoms with van der Waals surface area (Å²) in [7, 11) is 0. The Balaban J connectivity index is 1.81. The van der Waals surface area contributed by atoms with Crippen LogP contribution in [0.2, 0.25) is 0 Å². The van der Waals surface area contributed by atoms with Gasteiger partial charge in [-0.2, -0.15) is 0 Å². The van der Waals surface area contributed by atoms with E-state index in [1.807, 2.05) is 6.07 Å². The van der Waals surface area contributed by atoms with Gasteiger partial charge in [0.15, 0.2) is 11.5 Å². The highest BCUT2D eigenvalue weighted by atomic mass is 32.2. The number of fused-ring (bicyclic) bond motifs is 1. The van der Waals surface area contributed by atoms with E-state index in [0.29, 0.717) is 6.42 Å². The number of carbonyl (C=O) groups excluding carboxylic acids is 1. The second-order valence-electron chi connectivity index (χ2n) is 4.67. The molecule has 1 aromatic carbocycles. The average Bonchev–Trinajstić information content (AvgIpc) is 2.62. The van der Waals surface area contributed by atoms with Crippen molar-refractivity contribution >= 4 is 17.5 Å². The largest absolute Gasteiger partial charge is 0.490 e. The second kappa shape index (κ2) is 7.43. The van der Waals surface area contributed by atoms with Crippen molar-refractivity contribution in [3.63, 3.8) is 0 Å². The zero-order valence-electron chi connectivity index (χ0n) is 11.3. The summed E-state index contributed by atoms with van der Waals surface area (Å²) in [6.45, 7) is 3.10. The van der Waals surface area contributed by atoms with Crippen LogP contribution in [0.1, 0.15) is 32.6 Å². The maximum absolute atomic E-state index is 10.8. The molecule has 0 bridgehead atoms. The molecular formula is C15H20O3S. The van der Waals surface area contributed by atoms with Gasteiger partial charge in [-0.05, 0) is 43.7 Å². The number of carbonyl (C=O) groups is 1. The molecule has 0 radical (unpaired) electrons. The van der Waals surface area contributed by atoms with Crippen molar-refractivity contribution in [2.75, 3.05) is 19.0 Å². The molecule has 1 aliphatic rings. The molecule has 0 fully saturated rings. The maximum Gasteiger partial charge on any atom is 0.162 e. The molecule has 0 aromatic heterocycles. The molecule has 3 nitrogen and oxygen atoms in total. The van der Waals surface area contributed by atoms with Crippen LogP contribution in [0.15, 0.2) is 23.1 Å². The lowest BCUT2D eigenvalue weighted by atomic mass is 10.2. The van der Waals surface area contributed by atoms with E-state index in [9.17, 15) is 4.79 Å². The highest BCUT2D eigenvalue weighted by Gasteiger charge is 2.10. The molecule has 1 aromatic rings. The fourth-order valence-electron chi connectivity index (χ4n) is 1.90. The number of rotatable bonds is 6. The van der Waals surface area contributed by atoms with Crippen LogP contribution in [-0.4, -0.2) is 24.7 Å². The van der Waals surface area contributed by atoms with Gasteiger partial charge in [-0.15, -0.1) is 11.8 Å². The van der Waals surface area contributed by atoms with Crippen LogP contribution in [0.4, 0.5) is 0 Å². The molecular weight excluding hydrogens is 260 g/mol. The summed E-state index contributed by atoms with van der Waals surface area (Å²) >= 11 is 1.80. The number of unbranched alkanes of at least 4 members (excludes halogenated alkanes) is 1. The quantitative estimate of drug-likeness (QED) is 0.588. The predicted octanol–water partition coefficient (Wildman–Crippen LogP) is 3.70. The lowest BCUT2D eigenvalue weighted by Gasteiger charge is -2.09. The molecule has 0 unspecified atom stereocenters. The van der Waals surface area contributed by atoms with Gasteiger partial charge in [0, 0.05) is 17.7 Å². The Hall–Kier alpha value is -1.16. The van der Waals surface area contributed by atoms with Crippen molar-refractivity contribution in [3.05, 3.63) is 18.2 Å². The van der Waals surface area contributed by atoms with Crippen LogP contribution >= 0.6 is 11.8 Å². The number of ketones is 1. The number of thioether (sulfide) groups is 1. The van der Waals surface area contributed by atoms with Crippen molar-refractivity contribution in [1.29, 1.82) is 0 Å². The summed E-state index contributed by atoms with van der Waals surface area (Å²) in [6, 6.07) is 6.11. The summed E-state index contributed by atoms with van der Waals surface area (Å²) in [6.07, 6.45) is 3.68. The van der Waals surface area contributed by atoms with Crippen LogP contribution in [0.5, 0.6) is 11.5 Å². The minimum atomic E-state index is 0.278. The van der Waals surface area contributed by atoms with Gasteiger partial charge in [-0.25, -0.2) is 0 Å². The third-order valence-electron chi connectivity index (χ3n) is 2.91. The summed E-state index contributed by atoms with van der Waals surface area (Å²) in [4.78, 5) is 12.0. The Kier molecular flexibility index (Phi) is 5.58. The fourth-order valence-corrected chi connectivity index (χ4v) is 2.84. The smallest absolute Gasteiger partial charge is 0.162 e. The van der Waals surface area contributed by atoms with E-state index in [-0.39, 0.29) is 5.78 Å². The average molecular weight is 280 g/mol. The molecule has 0 aliphatic carbocycles. The Morgan fingerprint density at radius 1 is 1.21 bits per heavy atom. The van der Waals surface area contributed by atoms with Crippen molar-refractivity contribution in [3.8, 4) is 11.5 Å². The van der Waals surface area contributed by atoms with Crippen LogP contribution in [0.3, 0.4) is 0 Å². The molecule has 1 aliphatic heterocycles. The Bertz CT molecular complexity index is 431. The minimum absolute atomic E-state index is 0.278. The first-order valence-electron chi connectivity index (χ1n) is 6.77. The lowest BCUT2D eigenvalue weighted by Crippen LogP contribution is -1.97. The number of hydrogen-bond acceptors (Lipinski definition) is 4. The molecule has 0 saturated carbocycles. The molecule has 104 valence electrons. The van der Waals surface area contributed by atoms with Gasteiger partial charge < -0.3 is 14.3 Å². The third kappa shape index (κ3) is 4.78. The molecule has 0 atom stereocenters. The zero-order chi connectivity index (χ0) is 13.5. The zero-order valence-corrected chi connectivity index (χ0v) is 12.1. The van der Waals surface area contributed by atoms with Crippen molar-refractivity contribution in [2.24, 2.45) is 0 Å². The van der Waals surface area contributed by atoms with E-state index in [1.54, 1.807) is 18.7 Å². The SMILES string of the molecule is CC(=O)CCCCSc1ccc2c(c1)OCCCO2.